The van der Waals surface area contributed by atoms with Crippen LogP contribution in [0.25, 0.3) is 0 Å². The number of nitro groups is 1. The van der Waals surface area contributed by atoms with E-state index in [0.29, 0.717) is 0 Å². The van der Waals surface area contributed by atoms with Crippen molar-refractivity contribution in [2.75, 3.05) is 6.61 Å². The quantitative estimate of drug-likeness (QED) is 0.451. The maximum atomic E-state index is 11.3. The Morgan fingerprint density at radius 2 is 2.24 bits per heavy atom. The highest BCUT2D eigenvalue weighted by molar-refractivity contribution is 5.98. The van der Waals surface area contributed by atoms with Crippen molar-refractivity contribution in [2.24, 2.45) is 0 Å². The van der Waals surface area contributed by atoms with Crippen molar-refractivity contribution in [3.05, 3.63) is 33.4 Å². The summed E-state index contributed by atoms with van der Waals surface area (Å²) in [6.45, 7) is 3.20. The summed E-state index contributed by atoms with van der Waals surface area (Å²) in [5.74, 6) is -0.344. The molecule has 0 radical (unpaired) electrons. The molecule has 1 aromatic carbocycles. The molecule has 88 valence electrons. The third-order valence-electron chi connectivity index (χ3n) is 2.09. The van der Waals surface area contributed by atoms with E-state index >= 15 is 0 Å². The highest BCUT2D eigenvalue weighted by Crippen LogP contribution is 2.29. The lowest BCUT2D eigenvalue weighted by molar-refractivity contribution is -0.385. The van der Waals surface area contributed by atoms with Gasteiger partial charge in [-0.15, -0.1) is 0 Å². The van der Waals surface area contributed by atoms with Crippen LogP contribution in [0, 0.1) is 21.4 Å². The summed E-state index contributed by atoms with van der Waals surface area (Å²) in [5.41, 5.74) is -0.322. The van der Waals surface area contributed by atoms with E-state index in [1.165, 1.54) is 13.0 Å². The monoisotopic (exact) mass is 234 g/mol. The van der Waals surface area contributed by atoms with Crippen LogP contribution < -0.4 is 4.74 Å². The first-order chi connectivity index (χ1) is 8.01. The summed E-state index contributed by atoms with van der Waals surface area (Å²) in [6.07, 6.45) is 0. The van der Waals surface area contributed by atoms with Gasteiger partial charge in [-0.25, -0.2) is 0 Å². The number of rotatable bonds is 4. The summed E-state index contributed by atoms with van der Waals surface area (Å²) >= 11 is 0. The Morgan fingerprint density at radius 3 is 2.65 bits per heavy atom. The van der Waals surface area contributed by atoms with Crippen LogP contribution in [0.15, 0.2) is 12.1 Å². The summed E-state index contributed by atoms with van der Waals surface area (Å²) in [5, 5.41) is 19.7. The summed E-state index contributed by atoms with van der Waals surface area (Å²) in [7, 11) is 0. The first kappa shape index (κ1) is 12.6. The molecule has 0 saturated heterocycles. The van der Waals surface area contributed by atoms with E-state index in [0.717, 1.165) is 6.07 Å². The SMILES string of the molecule is CCOc1cc([N+](=O)[O-])c(C(C)=O)cc1C#N. The molecule has 0 unspecified atom stereocenters. The normalized spacial score (nSPS) is 9.47. The van der Waals surface area contributed by atoms with Crippen molar-refractivity contribution < 1.29 is 14.5 Å². The van der Waals surface area contributed by atoms with E-state index in [1.54, 1.807) is 6.92 Å². The van der Waals surface area contributed by atoms with E-state index in [2.05, 4.69) is 0 Å². The standard InChI is InChI=1S/C11H10N2O4/c1-3-17-11-5-10(13(15)16)9(7(2)14)4-8(11)6-12/h4-5H,3H2,1-2H3. The minimum Gasteiger partial charge on any atom is -0.492 e. The van der Waals surface area contributed by atoms with E-state index in [9.17, 15) is 14.9 Å². The molecule has 0 spiro atoms. The van der Waals surface area contributed by atoms with Gasteiger partial charge in [0.1, 0.15) is 11.8 Å². The van der Waals surface area contributed by atoms with Gasteiger partial charge < -0.3 is 4.74 Å². The first-order valence-electron chi connectivity index (χ1n) is 4.87. The predicted molar refractivity (Wildman–Crippen MR) is 59.0 cm³/mol. The van der Waals surface area contributed by atoms with Gasteiger partial charge in [-0.05, 0) is 19.9 Å². The van der Waals surface area contributed by atoms with Gasteiger partial charge in [-0.1, -0.05) is 0 Å². The van der Waals surface area contributed by atoms with Crippen LogP contribution in [0.4, 0.5) is 5.69 Å². The summed E-state index contributed by atoms with van der Waals surface area (Å²) in [4.78, 5) is 21.4. The maximum Gasteiger partial charge on any atom is 0.283 e. The number of nitrogens with zero attached hydrogens (tertiary/aromatic N) is 2. The Morgan fingerprint density at radius 1 is 1.59 bits per heavy atom. The Kier molecular flexibility index (Phi) is 3.78. The number of ether oxygens (including phenoxy) is 1. The molecular formula is C11H10N2O4. The lowest BCUT2D eigenvalue weighted by Gasteiger charge is -2.07. The number of carbonyl (C=O) groups excluding carboxylic acids is 1. The third kappa shape index (κ3) is 2.58. The molecule has 0 bridgehead atoms. The molecule has 0 heterocycles. The topological polar surface area (TPSA) is 93.2 Å². The molecule has 17 heavy (non-hydrogen) atoms. The van der Waals surface area contributed by atoms with Gasteiger partial charge in [0.05, 0.1) is 28.7 Å². The molecule has 0 saturated carbocycles. The molecule has 0 aliphatic heterocycles. The predicted octanol–water partition coefficient (Wildman–Crippen LogP) is 2.07. The Hall–Kier alpha value is -2.42. The fourth-order valence-electron chi connectivity index (χ4n) is 1.36. The van der Waals surface area contributed by atoms with Crippen LogP contribution in [-0.2, 0) is 0 Å². The number of ketones is 1. The number of nitro benzene ring substituents is 1. The second kappa shape index (κ2) is 5.07. The molecule has 0 atom stereocenters. The van der Waals surface area contributed by atoms with Gasteiger partial charge in [0.2, 0.25) is 0 Å². The molecule has 0 fully saturated rings. The number of benzene rings is 1. The summed E-state index contributed by atoms with van der Waals surface area (Å²) in [6, 6.07) is 4.14. The van der Waals surface area contributed by atoms with Crippen LogP contribution in [0.3, 0.4) is 0 Å². The lowest BCUT2D eigenvalue weighted by atomic mass is 10.1. The minimum atomic E-state index is -0.666. The first-order valence-corrected chi connectivity index (χ1v) is 4.87. The van der Waals surface area contributed by atoms with E-state index in [4.69, 9.17) is 10.00 Å². The maximum absolute atomic E-state index is 11.3. The number of Topliss-reactive ketones (excluding diaryl/α,β-unsaturated/α-hetero) is 1. The molecule has 1 rings (SSSR count). The zero-order valence-corrected chi connectivity index (χ0v) is 9.39. The van der Waals surface area contributed by atoms with Crippen molar-refractivity contribution in [1.29, 1.82) is 5.26 Å². The Balaban J connectivity index is 3.49. The second-order valence-electron chi connectivity index (χ2n) is 3.22. The zero-order valence-electron chi connectivity index (χ0n) is 9.39. The average molecular weight is 234 g/mol. The van der Waals surface area contributed by atoms with Gasteiger partial charge in [-0.3, -0.25) is 14.9 Å². The van der Waals surface area contributed by atoms with E-state index in [-0.39, 0.29) is 29.2 Å². The van der Waals surface area contributed by atoms with Gasteiger partial charge in [0.15, 0.2) is 5.78 Å². The van der Waals surface area contributed by atoms with Crippen LogP contribution >= 0.6 is 0 Å². The van der Waals surface area contributed by atoms with Gasteiger partial charge in [-0.2, -0.15) is 5.26 Å². The van der Waals surface area contributed by atoms with Crippen LogP contribution in [0.1, 0.15) is 29.8 Å². The minimum absolute atomic E-state index is 0.0880. The molecule has 6 heteroatoms. The molecule has 0 amide bonds. The molecular weight excluding hydrogens is 224 g/mol. The van der Waals surface area contributed by atoms with Gasteiger partial charge in [0.25, 0.3) is 5.69 Å². The fraction of sp³-hybridized carbons (Fsp3) is 0.273. The number of nitriles is 1. The summed E-state index contributed by atoms with van der Waals surface area (Å²) < 4.78 is 5.12. The van der Waals surface area contributed by atoms with Crippen molar-refractivity contribution in [1.82, 2.24) is 0 Å². The van der Waals surface area contributed by atoms with Crippen LogP contribution in [-0.4, -0.2) is 17.3 Å². The van der Waals surface area contributed by atoms with E-state index in [1.807, 2.05) is 6.07 Å². The van der Waals surface area contributed by atoms with Crippen LogP contribution in [0.5, 0.6) is 5.75 Å². The third-order valence-corrected chi connectivity index (χ3v) is 2.09. The zero-order chi connectivity index (χ0) is 13.0. The van der Waals surface area contributed by atoms with Crippen molar-refractivity contribution in [2.45, 2.75) is 13.8 Å². The smallest absolute Gasteiger partial charge is 0.283 e. The van der Waals surface area contributed by atoms with Gasteiger partial charge >= 0.3 is 0 Å². The highest BCUT2D eigenvalue weighted by Gasteiger charge is 2.21. The lowest BCUT2D eigenvalue weighted by Crippen LogP contribution is -2.03. The van der Waals surface area contributed by atoms with Gasteiger partial charge in [0, 0.05) is 0 Å². The Labute approximate surface area is 97.6 Å². The van der Waals surface area contributed by atoms with Crippen molar-refractivity contribution in [3.8, 4) is 11.8 Å². The molecule has 0 N–H and O–H groups in total. The Bertz CT molecular complexity index is 517. The van der Waals surface area contributed by atoms with Crippen molar-refractivity contribution in [3.63, 3.8) is 0 Å². The number of hydrogen-bond donors (Lipinski definition) is 0. The molecule has 1 aromatic rings. The largest absolute Gasteiger partial charge is 0.492 e. The van der Waals surface area contributed by atoms with Crippen LogP contribution in [0.2, 0.25) is 0 Å². The molecule has 0 aliphatic carbocycles. The molecule has 0 aromatic heterocycles. The second-order valence-corrected chi connectivity index (χ2v) is 3.22. The highest BCUT2D eigenvalue weighted by atomic mass is 16.6. The molecule has 0 aliphatic rings. The molecule has 6 nitrogen and oxygen atoms in total. The fourth-order valence-corrected chi connectivity index (χ4v) is 1.36. The van der Waals surface area contributed by atoms with Crippen molar-refractivity contribution >= 4 is 11.5 Å². The average Bonchev–Trinajstić information content (AvgIpc) is 2.28. The number of carbonyl (C=O) groups is 1. The van der Waals surface area contributed by atoms with E-state index < -0.39 is 10.7 Å². The number of hydrogen-bond acceptors (Lipinski definition) is 5.